The predicted molar refractivity (Wildman–Crippen MR) is 109 cm³/mol. The van der Waals surface area contributed by atoms with E-state index in [9.17, 15) is 9.18 Å². The standard InChI is InChI=1S/C22H23FN4O2/c1-14-3-4-15(20-24-18-10-16(23)5-6-19(18)26(20)2)9-17(14)25-21(28)27-11-22(12-27)7-8-29-13-22/h3-6,9-10H,7-8,11-13H2,1-2H3,(H,25,28). The molecule has 0 saturated carbocycles. The number of anilines is 1. The SMILES string of the molecule is Cc1ccc(-c2nc3cc(F)ccc3n2C)cc1NC(=O)N1CC2(CCOC2)C1. The Labute approximate surface area is 168 Å². The molecular formula is C22H23FN4O2. The highest BCUT2D eigenvalue weighted by atomic mass is 19.1. The van der Waals surface area contributed by atoms with Gasteiger partial charge in [0.25, 0.3) is 0 Å². The van der Waals surface area contributed by atoms with E-state index in [0.717, 1.165) is 60.9 Å². The van der Waals surface area contributed by atoms with Gasteiger partial charge in [0.15, 0.2) is 0 Å². The summed E-state index contributed by atoms with van der Waals surface area (Å²) in [6.07, 6.45) is 1.03. The van der Waals surface area contributed by atoms with Crippen molar-refractivity contribution in [3.8, 4) is 11.4 Å². The minimum atomic E-state index is -0.306. The van der Waals surface area contributed by atoms with Gasteiger partial charge in [0, 0.05) is 49.5 Å². The van der Waals surface area contributed by atoms with Gasteiger partial charge < -0.3 is 19.5 Å². The molecule has 1 aromatic heterocycles. The Hall–Kier alpha value is -2.93. The van der Waals surface area contributed by atoms with Crippen LogP contribution in [0.15, 0.2) is 36.4 Å². The second-order valence-electron chi connectivity index (χ2n) is 8.25. The van der Waals surface area contributed by atoms with E-state index in [1.807, 2.05) is 41.6 Å². The van der Waals surface area contributed by atoms with Gasteiger partial charge in [-0.2, -0.15) is 0 Å². The van der Waals surface area contributed by atoms with Gasteiger partial charge >= 0.3 is 6.03 Å². The van der Waals surface area contributed by atoms with Crippen LogP contribution < -0.4 is 5.32 Å². The van der Waals surface area contributed by atoms with Crippen molar-refractivity contribution < 1.29 is 13.9 Å². The molecular weight excluding hydrogens is 371 g/mol. The number of ether oxygens (including phenoxy) is 1. The van der Waals surface area contributed by atoms with Crippen molar-refractivity contribution in [1.82, 2.24) is 14.5 Å². The highest BCUT2D eigenvalue weighted by molar-refractivity contribution is 5.92. The molecule has 6 nitrogen and oxygen atoms in total. The number of rotatable bonds is 2. The number of aromatic nitrogens is 2. The number of hydrogen-bond acceptors (Lipinski definition) is 3. The third-order valence-electron chi connectivity index (χ3n) is 6.10. The second kappa shape index (κ2) is 6.56. The number of halogens is 1. The zero-order valence-electron chi connectivity index (χ0n) is 16.5. The van der Waals surface area contributed by atoms with Crippen molar-refractivity contribution in [1.29, 1.82) is 0 Å². The number of likely N-dealkylation sites (tertiary alicyclic amines) is 1. The van der Waals surface area contributed by atoms with Crippen LogP contribution in [0.2, 0.25) is 0 Å². The fraction of sp³-hybridized carbons (Fsp3) is 0.364. The second-order valence-corrected chi connectivity index (χ2v) is 8.25. The lowest BCUT2D eigenvalue weighted by Gasteiger charge is -2.46. The lowest BCUT2D eigenvalue weighted by molar-refractivity contribution is 0.0255. The predicted octanol–water partition coefficient (Wildman–Crippen LogP) is 3.94. The number of nitrogens with zero attached hydrogens (tertiary/aromatic N) is 3. The van der Waals surface area contributed by atoms with Crippen LogP contribution >= 0.6 is 0 Å². The monoisotopic (exact) mass is 394 g/mol. The van der Waals surface area contributed by atoms with E-state index in [1.54, 1.807) is 6.07 Å². The summed E-state index contributed by atoms with van der Waals surface area (Å²) in [6, 6.07) is 10.4. The number of urea groups is 1. The molecule has 3 heterocycles. The zero-order chi connectivity index (χ0) is 20.2. The third kappa shape index (κ3) is 3.06. The molecule has 1 spiro atoms. The van der Waals surface area contributed by atoms with Crippen LogP contribution in [-0.4, -0.2) is 46.8 Å². The van der Waals surface area contributed by atoms with E-state index in [1.165, 1.54) is 12.1 Å². The van der Waals surface area contributed by atoms with E-state index in [0.29, 0.717) is 5.52 Å². The zero-order valence-corrected chi connectivity index (χ0v) is 16.5. The first-order valence-corrected chi connectivity index (χ1v) is 9.81. The number of fused-ring (bicyclic) bond motifs is 1. The number of imidazole rings is 1. The maximum absolute atomic E-state index is 13.6. The molecule has 2 amide bonds. The normalized spacial score (nSPS) is 17.7. The summed E-state index contributed by atoms with van der Waals surface area (Å²) >= 11 is 0. The molecule has 0 aliphatic carbocycles. The first kappa shape index (κ1) is 18.1. The molecule has 0 atom stereocenters. The summed E-state index contributed by atoms with van der Waals surface area (Å²) in [7, 11) is 1.91. The molecule has 2 fully saturated rings. The van der Waals surface area contributed by atoms with Crippen molar-refractivity contribution in [2.45, 2.75) is 13.3 Å². The molecule has 3 aromatic rings. The maximum atomic E-state index is 13.6. The fourth-order valence-electron chi connectivity index (χ4n) is 4.33. The Morgan fingerprint density at radius 1 is 1.24 bits per heavy atom. The van der Waals surface area contributed by atoms with Gasteiger partial charge in [-0.3, -0.25) is 0 Å². The summed E-state index contributed by atoms with van der Waals surface area (Å²) in [6.45, 7) is 4.99. The molecule has 2 aromatic carbocycles. The first-order valence-electron chi connectivity index (χ1n) is 9.81. The summed E-state index contributed by atoms with van der Waals surface area (Å²) in [5.74, 6) is 0.422. The largest absolute Gasteiger partial charge is 0.381 e. The molecule has 0 radical (unpaired) electrons. The molecule has 0 unspecified atom stereocenters. The Bertz CT molecular complexity index is 1110. The van der Waals surface area contributed by atoms with Crippen LogP contribution in [-0.2, 0) is 11.8 Å². The van der Waals surface area contributed by atoms with Crippen LogP contribution in [0.3, 0.4) is 0 Å². The molecule has 150 valence electrons. The van der Waals surface area contributed by atoms with Crippen LogP contribution in [0, 0.1) is 18.2 Å². The molecule has 7 heteroatoms. The summed E-state index contributed by atoms with van der Waals surface area (Å²) in [5, 5.41) is 3.04. The van der Waals surface area contributed by atoms with Gasteiger partial charge in [-0.05, 0) is 37.1 Å². The molecule has 0 bridgehead atoms. The topological polar surface area (TPSA) is 59.4 Å². The summed E-state index contributed by atoms with van der Waals surface area (Å²) < 4.78 is 21.0. The average molecular weight is 394 g/mol. The molecule has 29 heavy (non-hydrogen) atoms. The van der Waals surface area contributed by atoms with Gasteiger partial charge in [-0.15, -0.1) is 0 Å². The average Bonchev–Trinajstić information content (AvgIpc) is 3.27. The Morgan fingerprint density at radius 2 is 2.07 bits per heavy atom. The highest BCUT2D eigenvalue weighted by Gasteiger charge is 2.47. The van der Waals surface area contributed by atoms with Crippen molar-refractivity contribution in [2.75, 3.05) is 31.6 Å². The van der Waals surface area contributed by atoms with Crippen molar-refractivity contribution in [3.63, 3.8) is 0 Å². The Balaban J connectivity index is 1.39. The number of hydrogen-bond donors (Lipinski definition) is 1. The van der Waals surface area contributed by atoms with Gasteiger partial charge in [0.2, 0.25) is 0 Å². The fourth-order valence-corrected chi connectivity index (χ4v) is 4.33. The molecule has 1 N–H and O–H groups in total. The minimum Gasteiger partial charge on any atom is -0.381 e. The van der Waals surface area contributed by atoms with Crippen LogP contribution in [0.25, 0.3) is 22.4 Å². The Kier molecular flexibility index (Phi) is 4.10. The number of aryl methyl sites for hydroxylation is 2. The molecule has 2 aliphatic rings. The number of benzene rings is 2. The Morgan fingerprint density at radius 3 is 2.83 bits per heavy atom. The van der Waals surface area contributed by atoms with Gasteiger partial charge in [0.1, 0.15) is 11.6 Å². The van der Waals surface area contributed by atoms with Gasteiger partial charge in [-0.1, -0.05) is 12.1 Å². The molecule has 5 rings (SSSR count). The highest BCUT2D eigenvalue weighted by Crippen LogP contribution is 2.38. The third-order valence-corrected chi connectivity index (χ3v) is 6.10. The number of nitrogens with one attached hydrogen (secondary N) is 1. The van der Waals surface area contributed by atoms with E-state index < -0.39 is 0 Å². The van der Waals surface area contributed by atoms with Gasteiger partial charge in [-0.25, -0.2) is 14.2 Å². The first-order chi connectivity index (χ1) is 13.9. The quantitative estimate of drug-likeness (QED) is 0.716. The van der Waals surface area contributed by atoms with Crippen LogP contribution in [0.4, 0.5) is 14.9 Å². The number of carbonyl (C=O) groups is 1. The van der Waals surface area contributed by atoms with Crippen molar-refractivity contribution in [2.24, 2.45) is 12.5 Å². The number of amides is 2. The van der Waals surface area contributed by atoms with E-state index in [2.05, 4.69) is 10.3 Å². The lowest BCUT2D eigenvalue weighted by Crippen LogP contribution is -2.59. The van der Waals surface area contributed by atoms with E-state index in [-0.39, 0.29) is 17.3 Å². The van der Waals surface area contributed by atoms with Crippen molar-refractivity contribution >= 4 is 22.8 Å². The van der Waals surface area contributed by atoms with Crippen molar-refractivity contribution in [3.05, 3.63) is 47.8 Å². The van der Waals surface area contributed by atoms with Gasteiger partial charge in [0.05, 0.1) is 17.6 Å². The molecule has 2 saturated heterocycles. The maximum Gasteiger partial charge on any atom is 0.321 e. The summed E-state index contributed by atoms with van der Waals surface area (Å²) in [5.41, 5.74) is 4.24. The lowest BCUT2D eigenvalue weighted by atomic mass is 9.79. The number of carbonyl (C=O) groups excluding carboxylic acids is 1. The van der Waals surface area contributed by atoms with E-state index in [4.69, 9.17) is 4.74 Å². The van der Waals surface area contributed by atoms with E-state index >= 15 is 0 Å². The van der Waals surface area contributed by atoms with Crippen LogP contribution in [0.5, 0.6) is 0 Å². The van der Waals surface area contributed by atoms with Crippen LogP contribution in [0.1, 0.15) is 12.0 Å². The minimum absolute atomic E-state index is 0.0881. The smallest absolute Gasteiger partial charge is 0.321 e. The molecule has 2 aliphatic heterocycles. The summed E-state index contributed by atoms with van der Waals surface area (Å²) in [4.78, 5) is 19.1.